The molecule has 2 N–H and O–H groups in total. The normalized spacial score (nSPS) is 14.9. The number of rotatable bonds is 7. The minimum atomic E-state index is -4.49. The van der Waals surface area contributed by atoms with Gasteiger partial charge in [0.15, 0.2) is 0 Å². The van der Waals surface area contributed by atoms with E-state index in [0.717, 1.165) is 29.3 Å². The molecule has 0 aromatic heterocycles. The number of benzene rings is 4. The van der Waals surface area contributed by atoms with Gasteiger partial charge in [0.2, 0.25) is 10.0 Å². The van der Waals surface area contributed by atoms with Crippen LogP contribution in [0.1, 0.15) is 27.0 Å². The number of alkyl halides is 3. The van der Waals surface area contributed by atoms with Crippen LogP contribution in [0.2, 0.25) is 0 Å². The maximum absolute atomic E-state index is 13.5. The van der Waals surface area contributed by atoms with Crippen molar-refractivity contribution in [3.63, 3.8) is 0 Å². The molecule has 1 aliphatic carbocycles. The van der Waals surface area contributed by atoms with Gasteiger partial charge in [-0.25, -0.2) is 17.5 Å². The van der Waals surface area contributed by atoms with Crippen molar-refractivity contribution in [2.45, 2.75) is 30.0 Å². The Morgan fingerprint density at radius 2 is 1.63 bits per heavy atom. The Balaban J connectivity index is 1.34. The summed E-state index contributed by atoms with van der Waals surface area (Å²) in [6, 6.07) is 18.8. The average molecular weight is 585 g/mol. The molecule has 4 aromatic rings. The Hall–Kier alpha value is -4.22. The van der Waals surface area contributed by atoms with Gasteiger partial charge >= 0.3 is 6.18 Å². The van der Waals surface area contributed by atoms with Gasteiger partial charge in [-0.15, -0.1) is 0 Å². The molecular formula is C30H24F4N2O4S. The van der Waals surface area contributed by atoms with E-state index in [-0.39, 0.29) is 10.5 Å². The molecule has 1 aliphatic rings. The van der Waals surface area contributed by atoms with Gasteiger partial charge in [-0.3, -0.25) is 4.79 Å². The Morgan fingerprint density at radius 3 is 2.32 bits per heavy atom. The zero-order chi connectivity index (χ0) is 29.4. The van der Waals surface area contributed by atoms with Gasteiger partial charge < -0.3 is 10.1 Å². The van der Waals surface area contributed by atoms with Gasteiger partial charge in [0.25, 0.3) is 5.91 Å². The highest BCUT2D eigenvalue weighted by atomic mass is 32.2. The van der Waals surface area contributed by atoms with Crippen LogP contribution in [-0.2, 0) is 29.0 Å². The second kappa shape index (κ2) is 11.0. The van der Waals surface area contributed by atoms with E-state index >= 15 is 0 Å². The SMILES string of the molecule is COc1ccc(C(=O)Nc2ccc3c(c2)CC(NS(=O)(=O)c2cccc(F)c2)C3)c(-c2ccc(C(F)(F)F)cc2)c1. The van der Waals surface area contributed by atoms with Crippen LogP contribution in [0.4, 0.5) is 23.2 Å². The summed E-state index contributed by atoms with van der Waals surface area (Å²) in [6.07, 6.45) is -3.69. The molecule has 0 heterocycles. The summed E-state index contributed by atoms with van der Waals surface area (Å²) < 4.78 is 86.0. The zero-order valence-electron chi connectivity index (χ0n) is 21.6. The molecule has 0 saturated carbocycles. The molecule has 0 spiro atoms. The molecule has 1 amide bonds. The first-order chi connectivity index (χ1) is 19.4. The molecule has 6 nitrogen and oxygen atoms in total. The minimum absolute atomic E-state index is 0.162. The molecule has 1 atom stereocenters. The van der Waals surface area contributed by atoms with E-state index in [1.165, 1.54) is 43.5 Å². The van der Waals surface area contributed by atoms with Crippen LogP contribution < -0.4 is 14.8 Å². The van der Waals surface area contributed by atoms with Crippen molar-refractivity contribution in [2.75, 3.05) is 12.4 Å². The molecular weight excluding hydrogens is 560 g/mol. The number of amides is 1. The van der Waals surface area contributed by atoms with Crippen molar-refractivity contribution in [3.05, 3.63) is 113 Å². The van der Waals surface area contributed by atoms with Crippen molar-refractivity contribution in [3.8, 4) is 16.9 Å². The molecule has 0 bridgehead atoms. The quantitative estimate of drug-likeness (QED) is 0.253. The molecule has 41 heavy (non-hydrogen) atoms. The molecule has 1 unspecified atom stereocenters. The Kier molecular flexibility index (Phi) is 7.58. The van der Waals surface area contributed by atoms with Crippen molar-refractivity contribution in [2.24, 2.45) is 0 Å². The number of carbonyl (C=O) groups is 1. The average Bonchev–Trinajstić information content (AvgIpc) is 3.33. The fraction of sp³-hybridized carbons (Fsp3) is 0.167. The van der Waals surface area contributed by atoms with Gasteiger partial charge in [-0.05, 0) is 95.8 Å². The number of hydrogen-bond donors (Lipinski definition) is 2. The second-order valence-corrected chi connectivity index (χ2v) is 11.3. The van der Waals surface area contributed by atoms with E-state index < -0.39 is 39.5 Å². The highest BCUT2D eigenvalue weighted by Gasteiger charge is 2.30. The number of sulfonamides is 1. The lowest BCUT2D eigenvalue weighted by Gasteiger charge is -2.14. The first-order valence-electron chi connectivity index (χ1n) is 12.5. The van der Waals surface area contributed by atoms with Crippen LogP contribution in [0.5, 0.6) is 5.75 Å². The van der Waals surface area contributed by atoms with E-state index in [1.807, 2.05) is 0 Å². The van der Waals surface area contributed by atoms with Crippen LogP contribution in [0, 0.1) is 5.82 Å². The highest BCUT2D eigenvalue weighted by molar-refractivity contribution is 7.89. The zero-order valence-corrected chi connectivity index (χ0v) is 22.4. The molecule has 0 aliphatic heterocycles. The Labute approximate surface area is 234 Å². The van der Waals surface area contributed by atoms with E-state index in [0.29, 0.717) is 35.4 Å². The van der Waals surface area contributed by atoms with Crippen LogP contribution in [0.15, 0.2) is 89.8 Å². The van der Waals surface area contributed by atoms with E-state index in [2.05, 4.69) is 10.0 Å². The summed E-state index contributed by atoms with van der Waals surface area (Å²) in [5, 5.41) is 2.83. The fourth-order valence-corrected chi connectivity index (χ4v) is 6.09. The number of ether oxygens (including phenoxy) is 1. The Morgan fingerprint density at radius 1 is 0.902 bits per heavy atom. The predicted molar refractivity (Wildman–Crippen MR) is 146 cm³/mol. The molecule has 212 valence electrons. The molecule has 11 heteroatoms. The maximum atomic E-state index is 13.5. The predicted octanol–water partition coefficient (Wildman–Crippen LogP) is 6.22. The van der Waals surface area contributed by atoms with Crippen molar-refractivity contribution in [1.29, 1.82) is 0 Å². The number of halogens is 4. The number of methoxy groups -OCH3 is 1. The topological polar surface area (TPSA) is 84.5 Å². The van der Waals surface area contributed by atoms with Crippen LogP contribution >= 0.6 is 0 Å². The third-order valence-electron chi connectivity index (χ3n) is 6.82. The lowest BCUT2D eigenvalue weighted by molar-refractivity contribution is -0.137. The van der Waals surface area contributed by atoms with Crippen LogP contribution in [0.3, 0.4) is 0 Å². The third-order valence-corrected chi connectivity index (χ3v) is 8.34. The summed E-state index contributed by atoms with van der Waals surface area (Å²) in [5.41, 5.74) is 2.44. The number of anilines is 1. The Bertz CT molecular complexity index is 1720. The van der Waals surface area contributed by atoms with Gasteiger partial charge in [-0.1, -0.05) is 24.3 Å². The number of nitrogens with one attached hydrogen (secondary N) is 2. The monoisotopic (exact) mass is 584 g/mol. The van der Waals surface area contributed by atoms with Crippen LogP contribution in [0.25, 0.3) is 11.1 Å². The maximum Gasteiger partial charge on any atom is 0.416 e. The lowest BCUT2D eigenvalue weighted by Crippen LogP contribution is -2.35. The van der Waals surface area contributed by atoms with Crippen molar-refractivity contribution in [1.82, 2.24) is 4.72 Å². The van der Waals surface area contributed by atoms with E-state index in [4.69, 9.17) is 4.74 Å². The van der Waals surface area contributed by atoms with Gasteiger partial charge in [0.1, 0.15) is 11.6 Å². The molecule has 0 radical (unpaired) electrons. The lowest BCUT2D eigenvalue weighted by atomic mass is 9.97. The second-order valence-electron chi connectivity index (χ2n) is 9.61. The molecule has 4 aromatic carbocycles. The summed E-state index contributed by atoms with van der Waals surface area (Å²) in [7, 11) is -2.48. The molecule has 5 rings (SSSR count). The summed E-state index contributed by atoms with van der Waals surface area (Å²) >= 11 is 0. The third kappa shape index (κ3) is 6.26. The van der Waals surface area contributed by atoms with Crippen LogP contribution in [-0.4, -0.2) is 27.5 Å². The number of hydrogen-bond acceptors (Lipinski definition) is 4. The van der Waals surface area contributed by atoms with Gasteiger partial charge in [0, 0.05) is 17.3 Å². The van der Waals surface area contributed by atoms with E-state index in [9.17, 15) is 30.8 Å². The highest BCUT2D eigenvalue weighted by Crippen LogP contribution is 2.34. The largest absolute Gasteiger partial charge is 0.497 e. The fourth-order valence-electron chi connectivity index (χ4n) is 4.83. The number of fused-ring (bicyclic) bond motifs is 1. The smallest absolute Gasteiger partial charge is 0.416 e. The van der Waals surface area contributed by atoms with Crippen molar-refractivity contribution < 1.29 is 35.5 Å². The standard InChI is InChI=1S/C30H24F4N2O4S/c1-40-25-11-12-27(28(17-25)18-5-8-21(9-6-18)30(32,33)34)29(37)35-23-10-7-19-13-24(15-20(19)14-23)36-41(38,39)26-4-2-3-22(31)16-26/h2-12,14,16-17,24,36H,13,15H2,1H3,(H,35,37). The first kappa shape index (κ1) is 28.3. The molecule has 0 saturated heterocycles. The van der Waals surface area contributed by atoms with Gasteiger partial charge in [0.05, 0.1) is 17.6 Å². The van der Waals surface area contributed by atoms with Crippen molar-refractivity contribution >= 4 is 21.6 Å². The number of carbonyl (C=O) groups excluding carboxylic acids is 1. The first-order valence-corrected chi connectivity index (χ1v) is 14.0. The minimum Gasteiger partial charge on any atom is -0.497 e. The summed E-state index contributed by atoms with van der Waals surface area (Å²) in [4.78, 5) is 13.2. The summed E-state index contributed by atoms with van der Waals surface area (Å²) in [6.45, 7) is 0. The van der Waals surface area contributed by atoms with Gasteiger partial charge in [-0.2, -0.15) is 13.2 Å². The van der Waals surface area contributed by atoms with E-state index in [1.54, 1.807) is 30.3 Å². The summed E-state index contributed by atoms with van der Waals surface area (Å²) in [5.74, 6) is -0.703. The molecule has 0 fully saturated rings.